The summed E-state index contributed by atoms with van der Waals surface area (Å²) in [5.74, 6) is 1.43. The number of rotatable bonds is 6. The number of allylic oxidation sites excluding steroid dienone is 2. The van der Waals surface area contributed by atoms with Crippen LogP contribution in [0, 0.1) is 5.92 Å². The van der Waals surface area contributed by atoms with E-state index >= 15 is 0 Å². The molecule has 0 amide bonds. The summed E-state index contributed by atoms with van der Waals surface area (Å²) in [6, 6.07) is 0. The first-order valence-electron chi connectivity index (χ1n) is 4.86. The van der Waals surface area contributed by atoms with Crippen LogP contribution in [0.3, 0.4) is 0 Å². The molecule has 0 fully saturated rings. The van der Waals surface area contributed by atoms with Gasteiger partial charge in [0.05, 0.1) is 13.2 Å². The standard InChI is InChI=1S/C11H18O3/c1-12-7-8-14-11-5-3-10(4-6-11)9-13-2/h3,5-6,10H,4,7-9H2,1-2H3. The summed E-state index contributed by atoms with van der Waals surface area (Å²) in [4.78, 5) is 0. The van der Waals surface area contributed by atoms with Crippen molar-refractivity contribution in [3.8, 4) is 0 Å². The lowest BCUT2D eigenvalue weighted by atomic mass is 10.0. The SMILES string of the molecule is COCCOC1=CCC(COC)C=C1. The van der Waals surface area contributed by atoms with Gasteiger partial charge in [-0.2, -0.15) is 0 Å². The first-order chi connectivity index (χ1) is 6.86. The van der Waals surface area contributed by atoms with Crippen LogP contribution < -0.4 is 0 Å². The molecular weight excluding hydrogens is 180 g/mol. The molecule has 0 heterocycles. The molecule has 1 atom stereocenters. The molecule has 0 N–H and O–H groups in total. The monoisotopic (exact) mass is 198 g/mol. The summed E-state index contributed by atoms with van der Waals surface area (Å²) in [5.41, 5.74) is 0. The minimum Gasteiger partial charge on any atom is -0.492 e. The summed E-state index contributed by atoms with van der Waals surface area (Å²) < 4.78 is 15.4. The summed E-state index contributed by atoms with van der Waals surface area (Å²) in [6.45, 7) is 2.02. The van der Waals surface area contributed by atoms with Crippen LogP contribution in [0.15, 0.2) is 24.0 Å². The van der Waals surface area contributed by atoms with E-state index in [-0.39, 0.29) is 0 Å². The Morgan fingerprint density at radius 1 is 1.29 bits per heavy atom. The predicted octanol–water partition coefficient (Wildman–Crippen LogP) is 1.76. The summed E-state index contributed by atoms with van der Waals surface area (Å²) in [5, 5.41) is 0. The second-order valence-electron chi connectivity index (χ2n) is 3.26. The Kier molecular flexibility index (Phi) is 5.33. The fourth-order valence-electron chi connectivity index (χ4n) is 1.33. The largest absolute Gasteiger partial charge is 0.492 e. The number of hydrogen-bond donors (Lipinski definition) is 0. The molecule has 0 spiro atoms. The van der Waals surface area contributed by atoms with Crippen LogP contribution in [0.1, 0.15) is 6.42 Å². The van der Waals surface area contributed by atoms with Crippen molar-refractivity contribution in [1.29, 1.82) is 0 Å². The first-order valence-corrected chi connectivity index (χ1v) is 4.86. The van der Waals surface area contributed by atoms with Crippen LogP contribution in [0.4, 0.5) is 0 Å². The molecule has 0 bridgehead atoms. The second-order valence-corrected chi connectivity index (χ2v) is 3.26. The molecule has 0 aliphatic heterocycles. The van der Waals surface area contributed by atoms with Crippen molar-refractivity contribution in [3.05, 3.63) is 24.0 Å². The molecule has 0 saturated heterocycles. The molecular formula is C11H18O3. The van der Waals surface area contributed by atoms with Gasteiger partial charge in [0.2, 0.25) is 0 Å². The Hall–Kier alpha value is -0.800. The first kappa shape index (κ1) is 11.3. The predicted molar refractivity (Wildman–Crippen MR) is 55.0 cm³/mol. The second kappa shape index (κ2) is 6.62. The smallest absolute Gasteiger partial charge is 0.115 e. The Labute approximate surface area is 85.3 Å². The molecule has 1 aliphatic rings. The average molecular weight is 198 g/mol. The molecule has 0 aromatic heterocycles. The third kappa shape index (κ3) is 3.94. The molecule has 0 aromatic rings. The highest BCUT2D eigenvalue weighted by atomic mass is 16.5. The normalized spacial score (nSPS) is 20.7. The highest BCUT2D eigenvalue weighted by Gasteiger charge is 2.08. The maximum absolute atomic E-state index is 5.46. The van der Waals surface area contributed by atoms with Gasteiger partial charge in [-0.3, -0.25) is 0 Å². The van der Waals surface area contributed by atoms with Crippen molar-refractivity contribution in [2.45, 2.75) is 6.42 Å². The number of methoxy groups -OCH3 is 2. The van der Waals surface area contributed by atoms with Crippen molar-refractivity contribution >= 4 is 0 Å². The van der Waals surface area contributed by atoms with Crippen LogP contribution in [-0.4, -0.2) is 34.0 Å². The fourth-order valence-corrected chi connectivity index (χ4v) is 1.33. The lowest BCUT2D eigenvalue weighted by Gasteiger charge is -2.15. The maximum atomic E-state index is 5.46. The third-order valence-electron chi connectivity index (χ3n) is 2.09. The van der Waals surface area contributed by atoms with Gasteiger partial charge in [0.25, 0.3) is 0 Å². The van der Waals surface area contributed by atoms with Crippen molar-refractivity contribution in [2.75, 3.05) is 34.0 Å². The topological polar surface area (TPSA) is 27.7 Å². The molecule has 0 radical (unpaired) electrons. The zero-order valence-electron chi connectivity index (χ0n) is 8.86. The molecule has 3 heteroatoms. The van der Waals surface area contributed by atoms with Gasteiger partial charge in [0, 0.05) is 20.1 Å². The van der Waals surface area contributed by atoms with Crippen LogP contribution in [-0.2, 0) is 14.2 Å². The Morgan fingerprint density at radius 3 is 2.71 bits per heavy atom. The summed E-state index contributed by atoms with van der Waals surface area (Å²) in [7, 11) is 3.39. The minimum atomic E-state index is 0.495. The van der Waals surface area contributed by atoms with E-state index in [4.69, 9.17) is 14.2 Å². The van der Waals surface area contributed by atoms with Crippen molar-refractivity contribution < 1.29 is 14.2 Å². The van der Waals surface area contributed by atoms with Crippen LogP contribution >= 0.6 is 0 Å². The van der Waals surface area contributed by atoms with E-state index < -0.39 is 0 Å². The van der Waals surface area contributed by atoms with Gasteiger partial charge in [-0.15, -0.1) is 0 Å². The Balaban J connectivity index is 2.21. The highest BCUT2D eigenvalue weighted by molar-refractivity contribution is 5.18. The highest BCUT2D eigenvalue weighted by Crippen LogP contribution is 2.17. The summed E-state index contributed by atoms with van der Waals surface area (Å²) >= 11 is 0. The van der Waals surface area contributed by atoms with E-state index in [0.717, 1.165) is 18.8 Å². The van der Waals surface area contributed by atoms with E-state index in [1.807, 2.05) is 6.08 Å². The summed E-state index contributed by atoms with van der Waals surface area (Å²) in [6.07, 6.45) is 7.22. The lowest BCUT2D eigenvalue weighted by Crippen LogP contribution is -2.09. The van der Waals surface area contributed by atoms with Crippen LogP contribution in [0.2, 0.25) is 0 Å². The van der Waals surface area contributed by atoms with Gasteiger partial charge in [-0.05, 0) is 18.6 Å². The molecule has 0 saturated carbocycles. The zero-order valence-corrected chi connectivity index (χ0v) is 8.86. The van der Waals surface area contributed by atoms with Gasteiger partial charge in [-0.25, -0.2) is 0 Å². The quantitative estimate of drug-likeness (QED) is 0.609. The van der Waals surface area contributed by atoms with Gasteiger partial charge >= 0.3 is 0 Å². The molecule has 1 rings (SSSR count). The molecule has 0 aromatic carbocycles. The van der Waals surface area contributed by atoms with Crippen LogP contribution in [0.25, 0.3) is 0 Å². The van der Waals surface area contributed by atoms with Gasteiger partial charge in [0.1, 0.15) is 12.4 Å². The molecule has 80 valence electrons. The Bertz CT molecular complexity index is 209. The van der Waals surface area contributed by atoms with E-state index in [1.54, 1.807) is 14.2 Å². The molecule has 1 unspecified atom stereocenters. The zero-order chi connectivity index (χ0) is 10.2. The molecule has 14 heavy (non-hydrogen) atoms. The van der Waals surface area contributed by atoms with Gasteiger partial charge in [-0.1, -0.05) is 6.08 Å². The van der Waals surface area contributed by atoms with E-state index in [9.17, 15) is 0 Å². The van der Waals surface area contributed by atoms with Crippen molar-refractivity contribution in [3.63, 3.8) is 0 Å². The fraction of sp³-hybridized carbons (Fsp3) is 0.636. The lowest BCUT2D eigenvalue weighted by molar-refractivity contribution is 0.112. The van der Waals surface area contributed by atoms with E-state index in [1.165, 1.54) is 0 Å². The Morgan fingerprint density at radius 2 is 2.14 bits per heavy atom. The van der Waals surface area contributed by atoms with E-state index in [2.05, 4.69) is 12.2 Å². The van der Waals surface area contributed by atoms with Crippen molar-refractivity contribution in [2.24, 2.45) is 5.92 Å². The average Bonchev–Trinajstić information content (AvgIpc) is 2.21. The van der Waals surface area contributed by atoms with Gasteiger partial charge < -0.3 is 14.2 Å². The van der Waals surface area contributed by atoms with Crippen molar-refractivity contribution in [1.82, 2.24) is 0 Å². The molecule has 3 nitrogen and oxygen atoms in total. The van der Waals surface area contributed by atoms with Crippen LogP contribution in [0.5, 0.6) is 0 Å². The molecule has 1 aliphatic carbocycles. The number of hydrogen-bond acceptors (Lipinski definition) is 3. The minimum absolute atomic E-state index is 0.495. The third-order valence-corrected chi connectivity index (χ3v) is 2.09. The maximum Gasteiger partial charge on any atom is 0.115 e. The van der Waals surface area contributed by atoms with Gasteiger partial charge in [0.15, 0.2) is 0 Å². The van der Waals surface area contributed by atoms with E-state index in [0.29, 0.717) is 19.1 Å². The number of ether oxygens (including phenoxy) is 3.